The summed E-state index contributed by atoms with van der Waals surface area (Å²) < 4.78 is 0. The van der Waals surface area contributed by atoms with E-state index in [1.807, 2.05) is 24.3 Å². The number of anilines is 2. The third-order valence-corrected chi connectivity index (χ3v) is 4.80. The predicted molar refractivity (Wildman–Crippen MR) is 102 cm³/mol. The van der Waals surface area contributed by atoms with Gasteiger partial charge in [-0.1, -0.05) is 13.3 Å². The summed E-state index contributed by atoms with van der Waals surface area (Å²) in [7, 11) is 0. The first-order valence-electron chi connectivity index (χ1n) is 8.40. The normalized spacial score (nSPS) is 11.8. The van der Waals surface area contributed by atoms with Crippen LogP contribution in [0.1, 0.15) is 36.8 Å². The van der Waals surface area contributed by atoms with Crippen molar-refractivity contribution in [3.8, 4) is 0 Å². The van der Waals surface area contributed by atoms with Crippen molar-refractivity contribution in [3.63, 3.8) is 0 Å². The molecule has 0 atom stereocenters. The van der Waals surface area contributed by atoms with Gasteiger partial charge in [0.05, 0.1) is 0 Å². The number of nitrogen functional groups attached to an aromatic ring is 2. The third-order valence-electron chi connectivity index (χ3n) is 4.80. The minimum absolute atomic E-state index is 0.307. The first kappa shape index (κ1) is 14.7. The molecule has 122 valence electrons. The summed E-state index contributed by atoms with van der Waals surface area (Å²) in [5.74, 6) is 0.307. The fourth-order valence-electron chi connectivity index (χ4n) is 3.66. The average Bonchev–Trinajstić information content (AvgIpc) is 3.16. The van der Waals surface area contributed by atoms with Gasteiger partial charge in [-0.15, -0.1) is 0 Å². The maximum atomic E-state index is 6.02. The molecular formula is C20H22N4. The van der Waals surface area contributed by atoms with Crippen LogP contribution in [0.5, 0.6) is 0 Å². The van der Waals surface area contributed by atoms with Crippen LogP contribution in [0, 0.1) is 0 Å². The van der Waals surface area contributed by atoms with Crippen LogP contribution in [-0.4, -0.2) is 9.97 Å². The van der Waals surface area contributed by atoms with Gasteiger partial charge in [0.15, 0.2) is 0 Å². The Balaban J connectivity index is 1.92. The van der Waals surface area contributed by atoms with Crippen molar-refractivity contribution >= 4 is 33.2 Å². The molecule has 0 saturated heterocycles. The summed E-state index contributed by atoms with van der Waals surface area (Å²) in [4.78, 5) is 6.77. The highest BCUT2D eigenvalue weighted by Gasteiger charge is 2.20. The van der Waals surface area contributed by atoms with Crippen molar-refractivity contribution in [3.05, 3.63) is 59.9 Å². The van der Waals surface area contributed by atoms with E-state index < -0.39 is 0 Å². The van der Waals surface area contributed by atoms with Gasteiger partial charge in [-0.25, -0.2) is 0 Å². The number of hydrogen-bond donors (Lipinski definition) is 4. The molecule has 0 radical (unpaired) electrons. The van der Waals surface area contributed by atoms with Crippen molar-refractivity contribution < 1.29 is 0 Å². The SMILES string of the molecule is CCCC(c1c[nH]c2ccc(N)cc12)c1c[nH]c2ccc(N)cc12. The van der Waals surface area contributed by atoms with Crippen LogP contribution in [0.15, 0.2) is 48.8 Å². The fourth-order valence-corrected chi connectivity index (χ4v) is 3.66. The molecule has 4 aromatic rings. The average molecular weight is 318 g/mol. The zero-order valence-electron chi connectivity index (χ0n) is 13.8. The summed E-state index contributed by atoms with van der Waals surface area (Å²) in [6, 6.07) is 12.1. The molecule has 0 amide bonds. The Morgan fingerprint density at radius 2 is 1.33 bits per heavy atom. The predicted octanol–water partition coefficient (Wildman–Crippen LogP) is 4.75. The van der Waals surface area contributed by atoms with E-state index in [9.17, 15) is 0 Å². The molecule has 0 saturated carbocycles. The van der Waals surface area contributed by atoms with Gasteiger partial charge in [0, 0.05) is 51.5 Å². The second kappa shape index (κ2) is 5.64. The van der Waals surface area contributed by atoms with Crippen LogP contribution < -0.4 is 11.5 Å². The summed E-state index contributed by atoms with van der Waals surface area (Å²) in [5.41, 5.74) is 18.5. The van der Waals surface area contributed by atoms with E-state index in [-0.39, 0.29) is 0 Å². The van der Waals surface area contributed by atoms with Gasteiger partial charge in [0.2, 0.25) is 0 Å². The molecule has 4 rings (SSSR count). The lowest BCUT2D eigenvalue weighted by atomic mass is 9.87. The van der Waals surface area contributed by atoms with E-state index >= 15 is 0 Å². The molecule has 0 aliphatic heterocycles. The summed E-state index contributed by atoms with van der Waals surface area (Å²) >= 11 is 0. The molecule has 4 heteroatoms. The molecule has 0 aliphatic rings. The number of nitrogens with two attached hydrogens (primary N) is 2. The quantitative estimate of drug-likeness (QED) is 0.410. The maximum Gasteiger partial charge on any atom is 0.0458 e. The first-order chi connectivity index (χ1) is 11.7. The molecule has 0 unspecified atom stereocenters. The molecule has 2 aromatic heterocycles. The van der Waals surface area contributed by atoms with Gasteiger partial charge in [-0.2, -0.15) is 0 Å². The second-order valence-electron chi connectivity index (χ2n) is 6.44. The molecule has 6 N–H and O–H groups in total. The third kappa shape index (κ3) is 2.31. The highest BCUT2D eigenvalue weighted by atomic mass is 14.7. The van der Waals surface area contributed by atoms with E-state index in [1.165, 1.54) is 21.9 Å². The molecule has 2 aromatic carbocycles. The number of aromatic amines is 2. The van der Waals surface area contributed by atoms with Crippen molar-refractivity contribution in [2.45, 2.75) is 25.7 Å². The van der Waals surface area contributed by atoms with E-state index in [0.717, 1.165) is 35.2 Å². The first-order valence-corrected chi connectivity index (χ1v) is 8.40. The summed E-state index contributed by atoms with van der Waals surface area (Å²) in [6.45, 7) is 2.22. The van der Waals surface area contributed by atoms with Gasteiger partial charge >= 0.3 is 0 Å². The topological polar surface area (TPSA) is 83.6 Å². The number of rotatable bonds is 4. The molecule has 24 heavy (non-hydrogen) atoms. The lowest BCUT2D eigenvalue weighted by Gasteiger charge is -2.16. The van der Waals surface area contributed by atoms with Crippen molar-refractivity contribution in [2.75, 3.05) is 11.5 Å². The van der Waals surface area contributed by atoms with Crippen LogP contribution in [0.2, 0.25) is 0 Å². The van der Waals surface area contributed by atoms with Crippen LogP contribution >= 0.6 is 0 Å². The summed E-state index contributed by atoms with van der Waals surface area (Å²) in [6.07, 6.45) is 6.42. The smallest absolute Gasteiger partial charge is 0.0458 e. The minimum Gasteiger partial charge on any atom is -0.399 e. The van der Waals surface area contributed by atoms with Crippen LogP contribution in [0.4, 0.5) is 11.4 Å². The minimum atomic E-state index is 0.307. The molecular weight excluding hydrogens is 296 g/mol. The van der Waals surface area contributed by atoms with E-state index in [1.54, 1.807) is 0 Å². The van der Waals surface area contributed by atoms with E-state index in [4.69, 9.17) is 11.5 Å². The van der Waals surface area contributed by atoms with Crippen molar-refractivity contribution in [2.24, 2.45) is 0 Å². The number of benzene rings is 2. The largest absolute Gasteiger partial charge is 0.399 e. The molecule has 4 nitrogen and oxygen atoms in total. The van der Waals surface area contributed by atoms with Gasteiger partial charge in [-0.05, 0) is 53.9 Å². The molecule has 2 heterocycles. The molecule has 0 bridgehead atoms. The number of hydrogen-bond acceptors (Lipinski definition) is 2. The standard InChI is InChI=1S/C20H22N4/c1-2-3-14(17-10-23-19-6-4-12(21)8-15(17)19)18-11-24-20-7-5-13(22)9-16(18)20/h4-11,14,23-24H,2-3,21-22H2,1H3. The lowest BCUT2D eigenvalue weighted by molar-refractivity contribution is 0.706. The lowest BCUT2D eigenvalue weighted by Crippen LogP contribution is -2.00. The Morgan fingerprint density at radius 1 is 0.833 bits per heavy atom. The van der Waals surface area contributed by atoms with Gasteiger partial charge < -0.3 is 21.4 Å². The Bertz CT molecular complexity index is 929. The molecule has 0 aliphatic carbocycles. The van der Waals surface area contributed by atoms with Crippen LogP contribution in [0.3, 0.4) is 0 Å². The Labute approximate surface area is 140 Å². The van der Waals surface area contributed by atoms with E-state index in [2.05, 4.69) is 41.4 Å². The van der Waals surface area contributed by atoms with Gasteiger partial charge in [-0.3, -0.25) is 0 Å². The second-order valence-corrected chi connectivity index (χ2v) is 6.44. The fraction of sp³-hybridized carbons (Fsp3) is 0.200. The van der Waals surface area contributed by atoms with Crippen LogP contribution in [-0.2, 0) is 0 Å². The highest BCUT2D eigenvalue weighted by Crippen LogP contribution is 2.38. The Kier molecular flexibility index (Phi) is 3.45. The monoisotopic (exact) mass is 318 g/mol. The number of aromatic nitrogens is 2. The van der Waals surface area contributed by atoms with Crippen LogP contribution in [0.25, 0.3) is 21.8 Å². The number of nitrogens with one attached hydrogen (secondary N) is 2. The molecule has 0 spiro atoms. The number of H-pyrrole nitrogens is 2. The Morgan fingerprint density at radius 3 is 1.79 bits per heavy atom. The van der Waals surface area contributed by atoms with E-state index in [0.29, 0.717) is 5.92 Å². The van der Waals surface area contributed by atoms with Gasteiger partial charge in [0.1, 0.15) is 0 Å². The zero-order valence-corrected chi connectivity index (χ0v) is 13.8. The van der Waals surface area contributed by atoms with Crippen molar-refractivity contribution in [1.29, 1.82) is 0 Å². The van der Waals surface area contributed by atoms with Crippen molar-refractivity contribution in [1.82, 2.24) is 9.97 Å². The number of fused-ring (bicyclic) bond motifs is 2. The highest BCUT2D eigenvalue weighted by molar-refractivity contribution is 5.90. The zero-order chi connectivity index (χ0) is 16.7. The van der Waals surface area contributed by atoms with Gasteiger partial charge in [0.25, 0.3) is 0 Å². The Hall–Kier alpha value is -2.88. The maximum absolute atomic E-state index is 6.02. The molecule has 0 fully saturated rings. The summed E-state index contributed by atoms with van der Waals surface area (Å²) in [5, 5.41) is 2.40.